The second-order valence-electron chi connectivity index (χ2n) is 7.32. The van der Waals surface area contributed by atoms with E-state index in [1.54, 1.807) is 0 Å². The lowest BCUT2D eigenvalue weighted by atomic mass is 9.78. The number of esters is 1. The Labute approximate surface area is 153 Å². The number of ether oxygens (including phenoxy) is 1. The van der Waals surface area contributed by atoms with Crippen LogP contribution < -0.4 is 0 Å². The van der Waals surface area contributed by atoms with Crippen LogP contribution in [0.15, 0.2) is 60.7 Å². The molecule has 2 aromatic carbocycles. The molecule has 2 aliphatic heterocycles. The van der Waals surface area contributed by atoms with Gasteiger partial charge in [0.1, 0.15) is 5.54 Å². The maximum absolute atomic E-state index is 13.2. The second-order valence-corrected chi connectivity index (χ2v) is 7.32. The largest absolute Gasteiger partial charge is 0.467 e. The fourth-order valence-electron chi connectivity index (χ4n) is 4.83. The lowest BCUT2D eigenvalue weighted by Gasteiger charge is -2.32. The summed E-state index contributed by atoms with van der Waals surface area (Å²) in [5.41, 5.74) is 1.07. The number of hydrogen-bond donors (Lipinski definition) is 0. The fraction of sp³-hybridized carbons (Fsp3) is 0.364. The molecule has 4 rings (SSSR count). The summed E-state index contributed by atoms with van der Waals surface area (Å²) in [6, 6.07) is 19.6. The predicted molar refractivity (Wildman–Crippen MR) is 98.6 cm³/mol. The van der Waals surface area contributed by atoms with Gasteiger partial charge in [-0.25, -0.2) is 4.79 Å². The van der Waals surface area contributed by atoms with Crippen LogP contribution in [0.3, 0.4) is 0 Å². The zero-order valence-electron chi connectivity index (χ0n) is 14.9. The van der Waals surface area contributed by atoms with Gasteiger partial charge < -0.3 is 9.64 Å². The molecule has 2 fully saturated rings. The molecular weight excluding hydrogens is 326 g/mol. The third kappa shape index (κ3) is 2.61. The number of amides is 1. The molecule has 134 valence electrons. The maximum atomic E-state index is 13.2. The van der Waals surface area contributed by atoms with E-state index in [0.717, 1.165) is 12.8 Å². The molecule has 0 aliphatic carbocycles. The van der Waals surface area contributed by atoms with E-state index in [4.69, 9.17) is 4.74 Å². The average Bonchev–Trinajstić information content (AvgIpc) is 3.22. The highest BCUT2D eigenvalue weighted by molar-refractivity contribution is 5.99. The van der Waals surface area contributed by atoms with Crippen LogP contribution in [0.1, 0.15) is 35.2 Å². The molecule has 0 aromatic heterocycles. The smallest absolute Gasteiger partial charge is 0.331 e. The van der Waals surface area contributed by atoms with Crippen molar-refractivity contribution < 1.29 is 14.3 Å². The first-order valence-electron chi connectivity index (χ1n) is 9.17. The minimum Gasteiger partial charge on any atom is -0.467 e. The van der Waals surface area contributed by atoms with Crippen LogP contribution in [-0.2, 0) is 16.0 Å². The summed E-state index contributed by atoms with van der Waals surface area (Å²) in [6.07, 6.45) is 3.10. The molecule has 2 saturated heterocycles. The van der Waals surface area contributed by atoms with E-state index in [0.29, 0.717) is 18.4 Å². The van der Waals surface area contributed by atoms with Crippen molar-refractivity contribution in [2.45, 2.75) is 37.3 Å². The quantitative estimate of drug-likeness (QED) is 0.794. The van der Waals surface area contributed by atoms with Crippen molar-refractivity contribution in [3.8, 4) is 0 Å². The Morgan fingerprint density at radius 1 is 1.08 bits per heavy atom. The molecule has 0 spiro atoms. The van der Waals surface area contributed by atoms with E-state index < -0.39 is 5.54 Å². The first-order chi connectivity index (χ1) is 12.7. The number of nitrogens with zero attached hydrogens (tertiary/aromatic N) is 1. The van der Waals surface area contributed by atoms with Crippen LogP contribution in [-0.4, -0.2) is 35.5 Å². The SMILES string of the molecule is COC(=O)[C@@]12CC[C@@H]([C@H](Cc3ccccc3)C1)N2C(=O)c1ccccc1. The van der Waals surface area contributed by atoms with E-state index >= 15 is 0 Å². The topological polar surface area (TPSA) is 46.6 Å². The molecule has 3 atom stereocenters. The highest BCUT2D eigenvalue weighted by atomic mass is 16.5. The molecule has 0 unspecified atom stereocenters. The Kier molecular flexibility index (Phi) is 4.27. The predicted octanol–water partition coefficient (Wildman–Crippen LogP) is 3.47. The maximum Gasteiger partial charge on any atom is 0.331 e. The average molecular weight is 349 g/mol. The van der Waals surface area contributed by atoms with Crippen LogP contribution in [0, 0.1) is 5.92 Å². The van der Waals surface area contributed by atoms with Gasteiger partial charge in [-0.15, -0.1) is 0 Å². The number of hydrogen-bond acceptors (Lipinski definition) is 3. The van der Waals surface area contributed by atoms with E-state index in [1.165, 1.54) is 12.7 Å². The van der Waals surface area contributed by atoms with Crippen molar-refractivity contribution in [3.05, 3.63) is 71.8 Å². The molecule has 1 amide bonds. The molecule has 0 N–H and O–H groups in total. The zero-order valence-corrected chi connectivity index (χ0v) is 14.9. The summed E-state index contributed by atoms with van der Waals surface area (Å²) in [4.78, 5) is 27.8. The van der Waals surface area contributed by atoms with Crippen molar-refractivity contribution in [1.29, 1.82) is 0 Å². The molecule has 2 heterocycles. The van der Waals surface area contributed by atoms with Crippen molar-refractivity contribution in [1.82, 2.24) is 4.90 Å². The summed E-state index contributed by atoms with van der Waals surface area (Å²) >= 11 is 0. The molecule has 4 heteroatoms. The van der Waals surface area contributed by atoms with E-state index in [9.17, 15) is 9.59 Å². The highest BCUT2D eigenvalue weighted by Gasteiger charge is 2.62. The van der Waals surface area contributed by atoms with Crippen LogP contribution >= 0.6 is 0 Å². The van der Waals surface area contributed by atoms with Crippen molar-refractivity contribution in [2.75, 3.05) is 7.11 Å². The molecule has 0 saturated carbocycles. The van der Waals surface area contributed by atoms with Gasteiger partial charge in [0.05, 0.1) is 7.11 Å². The Hall–Kier alpha value is -2.62. The van der Waals surface area contributed by atoms with Crippen LogP contribution in [0.4, 0.5) is 0 Å². The van der Waals surface area contributed by atoms with Crippen molar-refractivity contribution >= 4 is 11.9 Å². The van der Waals surface area contributed by atoms with Gasteiger partial charge in [0, 0.05) is 11.6 Å². The molecule has 0 radical (unpaired) electrons. The number of methoxy groups -OCH3 is 1. The Balaban J connectivity index is 1.67. The number of carbonyl (C=O) groups is 2. The monoisotopic (exact) mass is 349 g/mol. The Morgan fingerprint density at radius 3 is 2.38 bits per heavy atom. The van der Waals surface area contributed by atoms with Gasteiger partial charge in [-0.1, -0.05) is 48.5 Å². The van der Waals surface area contributed by atoms with Gasteiger partial charge in [0.2, 0.25) is 0 Å². The molecule has 2 bridgehead atoms. The van der Waals surface area contributed by atoms with Crippen LogP contribution in [0.2, 0.25) is 0 Å². The zero-order chi connectivity index (χ0) is 18.1. The Morgan fingerprint density at radius 2 is 1.73 bits per heavy atom. The van der Waals surface area contributed by atoms with Gasteiger partial charge in [-0.3, -0.25) is 4.79 Å². The number of fused-ring (bicyclic) bond motifs is 2. The van der Waals surface area contributed by atoms with Crippen LogP contribution in [0.25, 0.3) is 0 Å². The molecule has 26 heavy (non-hydrogen) atoms. The van der Waals surface area contributed by atoms with E-state index in [2.05, 4.69) is 12.1 Å². The standard InChI is InChI=1S/C22H23NO3/c1-26-21(25)22-13-12-19(18(15-22)14-16-8-4-2-5-9-16)23(22)20(24)17-10-6-3-7-11-17/h2-11,18-19H,12-15H2,1H3/t18-,19+,22-/m1/s1. The Bertz CT molecular complexity index is 805. The summed E-state index contributed by atoms with van der Waals surface area (Å²) in [7, 11) is 1.42. The fourth-order valence-corrected chi connectivity index (χ4v) is 4.83. The minimum atomic E-state index is -0.814. The second kappa shape index (κ2) is 6.60. The molecule has 2 aliphatic rings. The lowest BCUT2D eigenvalue weighted by Crippen LogP contribution is -2.51. The van der Waals surface area contributed by atoms with Gasteiger partial charge in [-0.05, 0) is 49.3 Å². The number of benzene rings is 2. The first kappa shape index (κ1) is 16.8. The molecule has 4 nitrogen and oxygen atoms in total. The molecule has 2 aromatic rings. The van der Waals surface area contributed by atoms with E-state index in [-0.39, 0.29) is 23.8 Å². The van der Waals surface area contributed by atoms with Gasteiger partial charge in [-0.2, -0.15) is 0 Å². The number of carbonyl (C=O) groups excluding carboxylic acids is 2. The summed E-state index contributed by atoms with van der Waals surface area (Å²) in [6.45, 7) is 0. The van der Waals surface area contributed by atoms with Gasteiger partial charge >= 0.3 is 5.97 Å². The molecular formula is C22H23NO3. The third-order valence-electron chi connectivity index (χ3n) is 5.94. The minimum absolute atomic E-state index is 0.0611. The summed E-state index contributed by atoms with van der Waals surface area (Å²) < 4.78 is 5.14. The summed E-state index contributed by atoms with van der Waals surface area (Å²) in [5.74, 6) is -0.0631. The number of rotatable bonds is 4. The summed E-state index contributed by atoms with van der Waals surface area (Å²) in [5, 5.41) is 0. The highest BCUT2D eigenvalue weighted by Crippen LogP contribution is 2.51. The van der Waals surface area contributed by atoms with Crippen molar-refractivity contribution in [3.63, 3.8) is 0 Å². The van der Waals surface area contributed by atoms with Gasteiger partial charge in [0.25, 0.3) is 5.91 Å². The normalized spacial score (nSPS) is 26.7. The van der Waals surface area contributed by atoms with Gasteiger partial charge in [0.15, 0.2) is 0 Å². The lowest BCUT2D eigenvalue weighted by molar-refractivity contribution is -0.151. The van der Waals surface area contributed by atoms with E-state index in [1.807, 2.05) is 53.4 Å². The third-order valence-corrected chi connectivity index (χ3v) is 5.94. The first-order valence-corrected chi connectivity index (χ1v) is 9.17. The van der Waals surface area contributed by atoms with Crippen molar-refractivity contribution in [2.24, 2.45) is 5.92 Å². The van der Waals surface area contributed by atoms with Crippen LogP contribution in [0.5, 0.6) is 0 Å².